The first-order chi connectivity index (χ1) is 11.1. The third-order valence-electron chi connectivity index (χ3n) is 5.25. The normalized spacial score (nSPS) is 22.0. The highest BCUT2D eigenvalue weighted by Gasteiger charge is 2.41. The van der Waals surface area contributed by atoms with Gasteiger partial charge in [-0.15, -0.1) is 0 Å². The Kier molecular flexibility index (Phi) is 5.19. The van der Waals surface area contributed by atoms with Gasteiger partial charge in [-0.05, 0) is 51.2 Å². The number of anilines is 1. The Morgan fingerprint density at radius 1 is 1.13 bits per heavy atom. The maximum Gasteiger partial charge on any atom is 0.123 e. The lowest BCUT2D eigenvalue weighted by Crippen LogP contribution is -2.62. The Balaban J connectivity index is 1.63. The van der Waals surface area contributed by atoms with E-state index in [0.717, 1.165) is 64.5 Å². The lowest BCUT2D eigenvalue weighted by Gasteiger charge is -2.51. The minimum absolute atomic E-state index is 0.169. The van der Waals surface area contributed by atoms with Crippen molar-refractivity contribution in [3.05, 3.63) is 30.1 Å². The third kappa shape index (κ3) is 3.84. The number of ether oxygens (including phenoxy) is 1. The van der Waals surface area contributed by atoms with Crippen molar-refractivity contribution in [2.75, 3.05) is 64.9 Å². The first kappa shape index (κ1) is 16.7. The average Bonchev–Trinajstić information content (AvgIpc) is 2.56. The van der Waals surface area contributed by atoms with Crippen LogP contribution in [0.3, 0.4) is 0 Å². The first-order valence-corrected chi connectivity index (χ1v) is 8.57. The van der Waals surface area contributed by atoms with Gasteiger partial charge in [-0.1, -0.05) is 0 Å². The zero-order valence-corrected chi connectivity index (χ0v) is 14.3. The van der Waals surface area contributed by atoms with Crippen LogP contribution in [0.15, 0.2) is 24.3 Å². The molecular weight excluding hydrogens is 293 g/mol. The summed E-state index contributed by atoms with van der Waals surface area (Å²) >= 11 is 0. The van der Waals surface area contributed by atoms with Crippen LogP contribution in [0.2, 0.25) is 0 Å². The number of halogens is 1. The molecule has 2 heterocycles. The van der Waals surface area contributed by atoms with E-state index in [1.807, 2.05) is 12.1 Å². The molecule has 0 bridgehead atoms. The van der Waals surface area contributed by atoms with E-state index in [9.17, 15) is 4.39 Å². The summed E-state index contributed by atoms with van der Waals surface area (Å²) in [5.74, 6) is -0.169. The SMILES string of the molecule is CN(C)CCN1CCOCC12CCN(c1ccc(F)cc1)CC2. The molecule has 0 unspecified atom stereocenters. The van der Waals surface area contributed by atoms with Crippen LogP contribution in [-0.4, -0.2) is 75.4 Å². The quantitative estimate of drug-likeness (QED) is 0.845. The summed E-state index contributed by atoms with van der Waals surface area (Å²) in [6.45, 7) is 6.93. The van der Waals surface area contributed by atoms with E-state index < -0.39 is 0 Å². The van der Waals surface area contributed by atoms with Crippen molar-refractivity contribution >= 4 is 5.69 Å². The Hall–Kier alpha value is -1.17. The summed E-state index contributed by atoms with van der Waals surface area (Å²) in [5.41, 5.74) is 1.31. The van der Waals surface area contributed by atoms with E-state index >= 15 is 0 Å². The lowest BCUT2D eigenvalue weighted by atomic mass is 9.85. The number of hydrogen-bond acceptors (Lipinski definition) is 4. The van der Waals surface area contributed by atoms with Crippen molar-refractivity contribution in [1.29, 1.82) is 0 Å². The second kappa shape index (κ2) is 7.16. The fraction of sp³-hybridized carbons (Fsp3) is 0.667. The summed E-state index contributed by atoms with van der Waals surface area (Å²) in [4.78, 5) is 7.25. The molecule has 0 amide bonds. The van der Waals surface area contributed by atoms with E-state index in [4.69, 9.17) is 4.74 Å². The van der Waals surface area contributed by atoms with Gasteiger partial charge in [0.05, 0.1) is 13.2 Å². The molecule has 1 spiro atoms. The van der Waals surface area contributed by atoms with Crippen LogP contribution in [-0.2, 0) is 4.74 Å². The summed E-state index contributed by atoms with van der Waals surface area (Å²) in [6, 6.07) is 6.86. The van der Waals surface area contributed by atoms with Gasteiger partial charge in [-0.3, -0.25) is 4.90 Å². The van der Waals surface area contributed by atoms with E-state index in [1.54, 1.807) is 12.1 Å². The average molecular weight is 321 g/mol. The fourth-order valence-corrected chi connectivity index (χ4v) is 3.73. The molecule has 0 aromatic heterocycles. The van der Waals surface area contributed by atoms with E-state index in [2.05, 4.69) is 28.8 Å². The number of rotatable bonds is 4. The van der Waals surface area contributed by atoms with Crippen LogP contribution in [0.25, 0.3) is 0 Å². The Morgan fingerprint density at radius 2 is 1.83 bits per heavy atom. The van der Waals surface area contributed by atoms with E-state index in [1.165, 1.54) is 0 Å². The van der Waals surface area contributed by atoms with E-state index in [0.29, 0.717) is 0 Å². The third-order valence-corrected chi connectivity index (χ3v) is 5.25. The number of piperidine rings is 1. The van der Waals surface area contributed by atoms with Crippen molar-refractivity contribution in [3.8, 4) is 0 Å². The van der Waals surface area contributed by atoms with Gasteiger partial charge in [-0.2, -0.15) is 0 Å². The van der Waals surface area contributed by atoms with Crippen molar-refractivity contribution in [3.63, 3.8) is 0 Å². The number of likely N-dealkylation sites (N-methyl/N-ethyl adjacent to an activating group) is 1. The topological polar surface area (TPSA) is 19.0 Å². The van der Waals surface area contributed by atoms with Gasteiger partial charge in [0.1, 0.15) is 5.82 Å². The highest BCUT2D eigenvalue weighted by Crippen LogP contribution is 2.33. The van der Waals surface area contributed by atoms with Crippen LogP contribution < -0.4 is 4.90 Å². The number of morpholine rings is 1. The molecule has 2 saturated heterocycles. The monoisotopic (exact) mass is 321 g/mol. The molecule has 2 fully saturated rings. The van der Waals surface area contributed by atoms with Crippen molar-refractivity contribution < 1.29 is 9.13 Å². The van der Waals surface area contributed by atoms with Crippen LogP contribution in [0.5, 0.6) is 0 Å². The van der Waals surface area contributed by atoms with E-state index in [-0.39, 0.29) is 11.4 Å². The fourth-order valence-electron chi connectivity index (χ4n) is 3.73. The molecule has 128 valence electrons. The number of nitrogens with zero attached hydrogens (tertiary/aromatic N) is 3. The second-order valence-corrected chi connectivity index (χ2v) is 7.03. The molecule has 0 saturated carbocycles. The molecule has 3 rings (SSSR count). The summed E-state index contributed by atoms with van der Waals surface area (Å²) in [7, 11) is 4.26. The zero-order valence-electron chi connectivity index (χ0n) is 14.3. The molecule has 23 heavy (non-hydrogen) atoms. The van der Waals surface area contributed by atoms with Crippen molar-refractivity contribution in [2.45, 2.75) is 18.4 Å². The molecule has 4 nitrogen and oxygen atoms in total. The molecule has 1 aromatic carbocycles. The predicted molar refractivity (Wildman–Crippen MR) is 91.5 cm³/mol. The smallest absolute Gasteiger partial charge is 0.123 e. The molecule has 0 atom stereocenters. The molecule has 0 radical (unpaired) electrons. The Labute approximate surface area is 138 Å². The predicted octanol–water partition coefficient (Wildman–Crippen LogP) is 2.06. The molecular formula is C18H28FN3O. The second-order valence-electron chi connectivity index (χ2n) is 7.03. The van der Waals surface area contributed by atoms with Gasteiger partial charge in [0.2, 0.25) is 0 Å². The minimum Gasteiger partial charge on any atom is -0.378 e. The maximum absolute atomic E-state index is 13.1. The maximum atomic E-state index is 13.1. The summed E-state index contributed by atoms with van der Waals surface area (Å²) < 4.78 is 18.9. The first-order valence-electron chi connectivity index (χ1n) is 8.57. The van der Waals surface area contributed by atoms with Gasteiger partial charge < -0.3 is 14.5 Å². The minimum atomic E-state index is -0.169. The molecule has 1 aromatic rings. The Morgan fingerprint density at radius 3 is 2.48 bits per heavy atom. The Bertz CT molecular complexity index is 497. The van der Waals surface area contributed by atoms with Gasteiger partial charge in [-0.25, -0.2) is 4.39 Å². The molecule has 0 N–H and O–H groups in total. The van der Waals surface area contributed by atoms with Crippen LogP contribution >= 0.6 is 0 Å². The van der Waals surface area contributed by atoms with Crippen LogP contribution in [0, 0.1) is 5.82 Å². The number of benzene rings is 1. The molecule has 5 heteroatoms. The van der Waals surface area contributed by atoms with Gasteiger partial charge >= 0.3 is 0 Å². The van der Waals surface area contributed by atoms with Crippen molar-refractivity contribution in [2.24, 2.45) is 0 Å². The lowest BCUT2D eigenvalue weighted by molar-refractivity contribution is -0.0811. The molecule has 0 aliphatic carbocycles. The highest BCUT2D eigenvalue weighted by atomic mass is 19.1. The zero-order chi connectivity index (χ0) is 16.3. The highest BCUT2D eigenvalue weighted by molar-refractivity contribution is 5.46. The van der Waals surface area contributed by atoms with Gasteiger partial charge in [0.15, 0.2) is 0 Å². The molecule has 2 aliphatic heterocycles. The summed E-state index contributed by atoms with van der Waals surface area (Å²) in [5, 5.41) is 0. The standard InChI is InChI=1S/C18H28FN3O/c1-20(2)11-12-22-13-14-23-15-18(22)7-9-21(10-8-18)17-5-3-16(19)4-6-17/h3-6H,7-15H2,1-2H3. The van der Waals surface area contributed by atoms with Gasteiger partial charge in [0, 0.05) is 44.0 Å². The van der Waals surface area contributed by atoms with Crippen molar-refractivity contribution in [1.82, 2.24) is 9.80 Å². The summed E-state index contributed by atoms with van der Waals surface area (Å²) in [6.07, 6.45) is 2.22. The van der Waals surface area contributed by atoms with Gasteiger partial charge in [0.25, 0.3) is 0 Å². The largest absolute Gasteiger partial charge is 0.378 e. The van der Waals surface area contributed by atoms with Crippen LogP contribution in [0.4, 0.5) is 10.1 Å². The molecule has 2 aliphatic rings. The van der Waals surface area contributed by atoms with Crippen LogP contribution in [0.1, 0.15) is 12.8 Å². The number of hydrogen-bond donors (Lipinski definition) is 0.